The smallest absolute Gasteiger partial charge is 0.254 e. The van der Waals surface area contributed by atoms with Crippen molar-refractivity contribution in [2.45, 2.75) is 13.8 Å². The highest BCUT2D eigenvalue weighted by molar-refractivity contribution is 7.03. The minimum Gasteiger partial charge on any atom is -0.293 e. The van der Waals surface area contributed by atoms with E-state index in [4.69, 9.17) is 9.97 Å². The van der Waals surface area contributed by atoms with Crippen LogP contribution in [0.5, 0.6) is 0 Å². The molecule has 0 aliphatic carbocycles. The zero-order chi connectivity index (χ0) is 31.0. The van der Waals surface area contributed by atoms with Crippen molar-refractivity contribution in [3.05, 3.63) is 127 Å². The van der Waals surface area contributed by atoms with Gasteiger partial charge in [-0.25, -0.2) is 9.97 Å². The molecule has 0 unspecified atom stereocenters. The van der Waals surface area contributed by atoms with Gasteiger partial charge in [0.15, 0.2) is 0 Å². The Kier molecular flexibility index (Phi) is 4.77. The molecule has 0 saturated carbocycles. The topological polar surface area (TPSA) is 35.6 Å². The molecule has 0 atom stereocenters. The molecule has 5 heteroatoms. The SMILES string of the molecule is CC.c1ccc(-c2nc3cc4cccc5c4c4c3n2-c2cccc3c2B4c2c4c-5cccc4cc4nc(-c5ccccc5)n-3c24)cc1. The lowest BCUT2D eigenvalue weighted by molar-refractivity contribution is 1.07. The quantitative estimate of drug-likeness (QED) is 0.188. The first-order chi connectivity index (χ1) is 23.3. The van der Waals surface area contributed by atoms with E-state index in [1.807, 2.05) is 13.8 Å². The number of rotatable bonds is 2. The third-order valence-electron chi connectivity index (χ3n) is 10.4. The lowest BCUT2D eigenvalue weighted by Gasteiger charge is -2.34. The molecule has 218 valence electrons. The fourth-order valence-electron chi connectivity index (χ4n) is 8.81. The Hall–Kier alpha value is -5.94. The van der Waals surface area contributed by atoms with Gasteiger partial charge in [-0.1, -0.05) is 117 Å². The van der Waals surface area contributed by atoms with Crippen molar-refractivity contribution in [1.82, 2.24) is 19.1 Å². The summed E-state index contributed by atoms with van der Waals surface area (Å²) in [4.78, 5) is 10.8. The summed E-state index contributed by atoms with van der Waals surface area (Å²) in [6.45, 7) is 4.05. The second-order valence-corrected chi connectivity index (χ2v) is 12.5. The summed E-state index contributed by atoms with van der Waals surface area (Å²) < 4.78 is 4.89. The molecule has 0 bridgehead atoms. The molecule has 2 aromatic heterocycles. The molecular formula is C42H27BN4. The van der Waals surface area contributed by atoms with Crippen LogP contribution in [-0.2, 0) is 0 Å². The summed E-state index contributed by atoms with van der Waals surface area (Å²) >= 11 is 0. The zero-order valence-electron chi connectivity index (χ0n) is 26.0. The normalized spacial score (nSPS) is 12.9. The van der Waals surface area contributed by atoms with Crippen LogP contribution < -0.4 is 16.4 Å². The average Bonchev–Trinajstić information content (AvgIpc) is 3.68. The van der Waals surface area contributed by atoms with E-state index in [1.54, 1.807) is 0 Å². The first-order valence-corrected chi connectivity index (χ1v) is 16.6. The lowest BCUT2D eigenvalue weighted by Crippen LogP contribution is -2.59. The van der Waals surface area contributed by atoms with E-state index >= 15 is 0 Å². The molecular weight excluding hydrogens is 571 g/mol. The van der Waals surface area contributed by atoms with Crippen LogP contribution >= 0.6 is 0 Å². The van der Waals surface area contributed by atoms with Gasteiger partial charge in [-0.05, 0) is 73.3 Å². The highest BCUT2D eigenvalue weighted by Gasteiger charge is 2.45. The number of hydrogen-bond donors (Lipinski definition) is 0. The fourth-order valence-corrected chi connectivity index (χ4v) is 8.81. The molecule has 3 aliphatic heterocycles. The van der Waals surface area contributed by atoms with E-state index in [-0.39, 0.29) is 6.71 Å². The predicted molar refractivity (Wildman–Crippen MR) is 197 cm³/mol. The van der Waals surface area contributed by atoms with Gasteiger partial charge in [-0.2, -0.15) is 0 Å². The first kappa shape index (κ1) is 25.3. The van der Waals surface area contributed by atoms with E-state index in [0.29, 0.717) is 0 Å². The predicted octanol–water partition coefficient (Wildman–Crippen LogP) is 8.15. The molecule has 3 aliphatic rings. The zero-order valence-corrected chi connectivity index (χ0v) is 26.0. The Labute approximate surface area is 271 Å². The molecule has 0 spiro atoms. The van der Waals surface area contributed by atoms with E-state index in [9.17, 15) is 0 Å². The molecule has 0 fully saturated rings. The Bertz CT molecular complexity index is 2620. The van der Waals surface area contributed by atoms with Crippen molar-refractivity contribution >= 4 is 66.7 Å². The summed E-state index contributed by atoms with van der Waals surface area (Å²) in [6, 6.07) is 46.3. The van der Waals surface area contributed by atoms with Crippen LogP contribution in [0.4, 0.5) is 0 Å². The molecule has 0 saturated heterocycles. The average molecular weight is 599 g/mol. The van der Waals surface area contributed by atoms with E-state index in [1.165, 1.54) is 71.5 Å². The molecule has 5 heterocycles. The van der Waals surface area contributed by atoms with Crippen LogP contribution in [0.1, 0.15) is 13.8 Å². The maximum Gasteiger partial charge on any atom is 0.254 e. The van der Waals surface area contributed by atoms with Gasteiger partial charge < -0.3 is 0 Å². The Morgan fingerprint density at radius 1 is 0.468 bits per heavy atom. The largest absolute Gasteiger partial charge is 0.293 e. The maximum absolute atomic E-state index is 5.41. The van der Waals surface area contributed by atoms with Gasteiger partial charge in [0.2, 0.25) is 0 Å². The lowest BCUT2D eigenvalue weighted by atomic mass is 9.33. The Morgan fingerprint density at radius 2 is 0.915 bits per heavy atom. The number of imidazole rings is 2. The fraction of sp³-hybridized carbons (Fsp3) is 0.0476. The maximum atomic E-state index is 5.41. The summed E-state index contributed by atoms with van der Waals surface area (Å²) in [5, 5.41) is 5.16. The van der Waals surface area contributed by atoms with Crippen LogP contribution in [0.15, 0.2) is 127 Å². The number of benzene rings is 7. The van der Waals surface area contributed by atoms with E-state index < -0.39 is 0 Å². The molecule has 0 radical (unpaired) electrons. The van der Waals surface area contributed by atoms with Gasteiger partial charge >= 0.3 is 0 Å². The molecule has 47 heavy (non-hydrogen) atoms. The first-order valence-electron chi connectivity index (χ1n) is 16.6. The van der Waals surface area contributed by atoms with Crippen molar-refractivity contribution in [3.63, 3.8) is 0 Å². The molecule has 0 amide bonds. The number of aromatic nitrogens is 4. The molecule has 12 rings (SSSR count). The number of fused-ring (bicyclic) bond motifs is 3. The van der Waals surface area contributed by atoms with Gasteiger partial charge in [-0.3, -0.25) is 9.13 Å². The van der Waals surface area contributed by atoms with Crippen LogP contribution in [-0.4, -0.2) is 25.8 Å². The molecule has 4 nitrogen and oxygen atoms in total. The molecule has 9 aromatic rings. The third-order valence-corrected chi connectivity index (χ3v) is 10.4. The van der Waals surface area contributed by atoms with Gasteiger partial charge in [0.25, 0.3) is 6.71 Å². The van der Waals surface area contributed by atoms with E-state index in [0.717, 1.165) is 33.8 Å². The third kappa shape index (κ3) is 2.96. The summed E-state index contributed by atoms with van der Waals surface area (Å²) in [7, 11) is 0. The second kappa shape index (κ2) is 8.86. The second-order valence-electron chi connectivity index (χ2n) is 12.5. The molecule has 7 aromatic carbocycles. The van der Waals surface area contributed by atoms with Gasteiger partial charge in [0.05, 0.1) is 22.1 Å². The van der Waals surface area contributed by atoms with Crippen molar-refractivity contribution < 1.29 is 0 Å². The summed E-state index contributed by atoms with van der Waals surface area (Å²) in [5.74, 6) is 1.96. The summed E-state index contributed by atoms with van der Waals surface area (Å²) in [5.41, 5.74) is 15.8. The highest BCUT2D eigenvalue weighted by atomic mass is 15.1. The minimum absolute atomic E-state index is 0.0547. The van der Waals surface area contributed by atoms with Gasteiger partial charge in [0.1, 0.15) is 11.6 Å². The minimum atomic E-state index is 0.0547. The standard InChI is InChI=1S/C40H21BN4.C2H6/c1-3-10-22(11-4-1)39-42-28-20-24-14-7-16-26-27-17-8-15-25-21-29-38-36(33(25)27)41-34-30(44(39)37(28)35(41)32(24)26)18-9-19-31(34)45(38)40(43-29)23-12-5-2-6-13-23;1-2/h1-21H;1-2H3. The van der Waals surface area contributed by atoms with Crippen molar-refractivity contribution in [1.29, 1.82) is 0 Å². The molecule has 0 N–H and O–H groups in total. The Balaban J connectivity index is 0.00000133. The van der Waals surface area contributed by atoms with Crippen molar-refractivity contribution in [2.75, 3.05) is 0 Å². The number of nitrogens with zero attached hydrogens (tertiary/aromatic N) is 4. The van der Waals surface area contributed by atoms with Crippen molar-refractivity contribution in [3.8, 4) is 45.3 Å². The summed E-state index contributed by atoms with van der Waals surface area (Å²) in [6.07, 6.45) is 0. The monoisotopic (exact) mass is 598 g/mol. The highest BCUT2D eigenvalue weighted by Crippen LogP contribution is 2.44. The van der Waals surface area contributed by atoms with Crippen molar-refractivity contribution in [2.24, 2.45) is 0 Å². The van der Waals surface area contributed by atoms with Gasteiger partial charge in [0, 0.05) is 22.5 Å². The van der Waals surface area contributed by atoms with Crippen LogP contribution in [0.3, 0.4) is 0 Å². The van der Waals surface area contributed by atoms with E-state index in [2.05, 4.69) is 137 Å². The Morgan fingerprint density at radius 3 is 1.38 bits per heavy atom. The van der Waals surface area contributed by atoms with Crippen LogP contribution in [0.2, 0.25) is 0 Å². The number of hydrogen-bond acceptors (Lipinski definition) is 2. The van der Waals surface area contributed by atoms with Gasteiger partial charge in [-0.15, -0.1) is 0 Å². The van der Waals surface area contributed by atoms with Crippen LogP contribution in [0, 0.1) is 0 Å². The van der Waals surface area contributed by atoms with Crippen LogP contribution in [0.25, 0.3) is 88.9 Å².